The summed E-state index contributed by atoms with van der Waals surface area (Å²) in [5, 5.41) is 21.3. The number of hydrogen-bond donors (Lipinski definition) is 1. The molecule has 0 bridgehead atoms. The fourth-order valence-corrected chi connectivity index (χ4v) is 5.22. The van der Waals surface area contributed by atoms with Crippen LogP contribution in [0, 0.1) is 11.3 Å². The number of amides is 1. The van der Waals surface area contributed by atoms with Crippen LogP contribution in [0.25, 0.3) is 10.6 Å². The molecule has 0 unspecified atom stereocenters. The number of nitriles is 1. The maximum atomic E-state index is 12.6. The molecule has 11 heteroatoms. The molecule has 1 amide bonds. The van der Waals surface area contributed by atoms with Gasteiger partial charge in [-0.25, -0.2) is 4.79 Å². The number of halogens is 1. The monoisotopic (exact) mass is 516 g/mol. The Morgan fingerprint density at radius 3 is 2.80 bits per heavy atom. The summed E-state index contributed by atoms with van der Waals surface area (Å²) in [6.07, 6.45) is 2.55. The number of nitrogens with zero attached hydrogens (tertiary/aromatic N) is 5. The van der Waals surface area contributed by atoms with Gasteiger partial charge in [0.1, 0.15) is 17.3 Å². The Hall–Kier alpha value is -2.87. The topological polar surface area (TPSA) is 109 Å². The highest BCUT2D eigenvalue weighted by Crippen LogP contribution is 2.32. The van der Waals surface area contributed by atoms with E-state index in [4.69, 9.17) is 20.9 Å². The van der Waals surface area contributed by atoms with Crippen molar-refractivity contribution in [3.63, 3.8) is 0 Å². The van der Waals surface area contributed by atoms with Gasteiger partial charge < -0.3 is 19.5 Å². The van der Waals surface area contributed by atoms with Crippen LogP contribution in [0.1, 0.15) is 57.0 Å². The summed E-state index contributed by atoms with van der Waals surface area (Å²) >= 11 is 7.43. The van der Waals surface area contributed by atoms with Crippen molar-refractivity contribution in [3.05, 3.63) is 39.5 Å². The molecule has 1 saturated heterocycles. The molecule has 0 aromatic carbocycles. The third-order valence-electron chi connectivity index (χ3n) is 6.08. The number of nitrogens with one attached hydrogen (secondary N) is 1. The van der Waals surface area contributed by atoms with Crippen LogP contribution in [0.2, 0.25) is 4.34 Å². The molecule has 3 aromatic rings. The second kappa shape index (κ2) is 11.2. The van der Waals surface area contributed by atoms with Gasteiger partial charge >= 0.3 is 6.09 Å². The first-order chi connectivity index (χ1) is 16.9. The van der Waals surface area contributed by atoms with Gasteiger partial charge in [-0.1, -0.05) is 30.1 Å². The lowest BCUT2D eigenvalue weighted by molar-refractivity contribution is 0.151. The van der Waals surface area contributed by atoms with Crippen molar-refractivity contribution in [2.45, 2.75) is 65.1 Å². The highest BCUT2D eigenvalue weighted by Gasteiger charge is 2.25. The zero-order chi connectivity index (χ0) is 24.9. The number of carbonyl (C=O) groups is 1. The van der Waals surface area contributed by atoms with Gasteiger partial charge in [-0.3, -0.25) is 4.68 Å². The van der Waals surface area contributed by atoms with Crippen LogP contribution in [0.3, 0.4) is 0 Å². The highest BCUT2D eigenvalue weighted by atomic mass is 35.5. The summed E-state index contributed by atoms with van der Waals surface area (Å²) in [4.78, 5) is 15.9. The van der Waals surface area contributed by atoms with Crippen LogP contribution in [0.15, 0.2) is 22.7 Å². The van der Waals surface area contributed by atoms with Gasteiger partial charge in [0.2, 0.25) is 0 Å². The lowest BCUT2D eigenvalue weighted by Gasteiger charge is -2.34. The van der Waals surface area contributed by atoms with Crippen LogP contribution in [-0.4, -0.2) is 51.1 Å². The maximum Gasteiger partial charge on any atom is 0.414 e. The van der Waals surface area contributed by atoms with Crippen molar-refractivity contribution >= 4 is 29.0 Å². The second-order valence-electron chi connectivity index (χ2n) is 8.87. The second-order valence-corrected chi connectivity index (χ2v) is 10.6. The number of likely N-dealkylation sites (tertiary alicyclic amines) is 1. The van der Waals surface area contributed by atoms with E-state index < -0.39 is 6.09 Å². The third kappa shape index (κ3) is 6.04. The van der Waals surface area contributed by atoms with E-state index in [1.165, 1.54) is 11.3 Å². The standard InChI is InChI=1S/C24H29ClN6O3S/c1-4-5-19-18(13-26)23(33-24(32)27-16-8-10-30(11-9-16)15(2)3)28-31(19)14-17-12-20(34-29-17)21-6-7-22(25)35-21/h6-7,12,15-16H,4-5,8-11,14H2,1-3H3,(H,27,32). The molecule has 0 radical (unpaired) electrons. The van der Waals surface area contributed by atoms with Gasteiger partial charge in [-0.05, 0) is 45.2 Å². The minimum Gasteiger partial charge on any atom is -0.388 e. The number of hydrogen-bond acceptors (Lipinski definition) is 8. The van der Waals surface area contributed by atoms with E-state index in [0.29, 0.717) is 33.9 Å². The zero-order valence-electron chi connectivity index (χ0n) is 20.1. The Balaban J connectivity index is 1.46. The largest absolute Gasteiger partial charge is 0.414 e. The fourth-order valence-electron chi connectivity index (χ4n) is 4.22. The smallest absolute Gasteiger partial charge is 0.388 e. The quantitative estimate of drug-likeness (QED) is 0.444. The maximum absolute atomic E-state index is 12.6. The molecule has 35 heavy (non-hydrogen) atoms. The first kappa shape index (κ1) is 25.2. The lowest BCUT2D eigenvalue weighted by atomic mass is 10.0. The molecule has 1 aliphatic heterocycles. The van der Waals surface area contributed by atoms with E-state index >= 15 is 0 Å². The molecule has 0 spiro atoms. The fraction of sp³-hybridized carbons (Fsp3) is 0.500. The van der Waals surface area contributed by atoms with Crippen molar-refractivity contribution in [1.29, 1.82) is 5.26 Å². The van der Waals surface area contributed by atoms with Crippen LogP contribution >= 0.6 is 22.9 Å². The first-order valence-electron chi connectivity index (χ1n) is 11.8. The van der Waals surface area contributed by atoms with Crippen LogP contribution in [0.5, 0.6) is 5.88 Å². The summed E-state index contributed by atoms with van der Waals surface area (Å²) in [5.74, 6) is 0.628. The highest BCUT2D eigenvalue weighted by molar-refractivity contribution is 7.19. The molecule has 1 N–H and O–H groups in total. The summed E-state index contributed by atoms with van der Waals surface area (Å²) in [6.45, 7) is 8.51. The Bertz CT molecular complexity index is 1200. The predicted molar refractivity (Wildman–Crippen MR) is 134 cm³/mol. The molecular weight excluding hydrogens is 488 g/mol. The number of aromatic nitrogens is 3. The molecule has 186 valence electrons. The first-order valence-corrected chi connectivity index (χ1v) is 13.0. The molecule has 0 aliphatic carbocycles. The minimum absolute atomic E-state index is 0.0156. The van der Waals surface area contributed by atoms with Crippen molar-refractivity contribution in [2.75, 3.05) is 13.1 Å². The molecule has 1 aliphatic rings. The predicted octanol–water partition coefficient (Wildman–Crippen LogP) is 5.09. The van der Waals surface area contributed by atoms with Crippen molar-refractivity contribution < 1.29 is 14.1 Å². The van der Waals surface area contributed by atoms with Crippen molar-refractivity contribution in [2.24, 2.45) is 0 Å². The summed E-state index contributed by atoms with van der Waals surface area (Å²) < 4.78 is 13.3. The molecular formula is C24H29ClN6O3S. The van der Waals surface area contributed by atoms with Gasteiger partial charge in [0.15, 0.2) is 5.76 Å². The summed E-state index contributed by atoms with van der Waals surface area (Å²) in [5.41, 5.74) is 1.61. The number of thiophene rings is 1. The number of piperidine rings is 1. The van der Waals surface area contributed by atoms with E-state index in [-0.39, 0.29) is 24.0 Å². The van der Waals surface area contributed by atoms with Gasteiger partial charge in [0.25, 0.3) is 5.88 Å². The molecule has 0 atom stereocenters. The zero-order valence-corrected chi connectivity index (χ0v) is 21.7. The molecule has 9 nitrogen and oxygen atoms in total. The SMILES string of the molecule is CCCc1c(C#N)c(OC(=O)NC2CCN(C(C)C)CC2)nn1Cc1cc(-c2ccc(Cl)s2)on1. The average molecular weight is 517 g/mol. The molecule has 4 rings (SSSR count). The van der Waals surface area contributed by atoms with Crippen LogP contribution in [0.4, 0.5) is 4.79 Å². The van der Waals surface area contributed by atoms with Crippen molar-refractivity contribution in [3.8, 4) is 22.6 Å². The van der Waals surface area contributed by atoms with E-state index in [0.717, 1.165) is 37.2 Å². The summed E-state index contributed by atoms with van der Waals surface area (Å²) in [6, 6.07) is 8.20. The summed E-state index contributed by atoms with van der Waals surface area (Å²) in [7, 11) is 0. The van der Waals surface area contributed by atoms with E-state index in [9.17, 15) is 10.1 Å². The van der Waals surface area contributed by atoms with Gasteiger partial charge in [-0.2, -0.15) is 5.26 Å². The van der Waals surface area contributed by atoms with Crippen LogP contribution in [-0.2, 0) is 13.0 Å². The van der Waals surface area contributed by atoms with E-state index in [1.807, 2.05) is 19.1 Å². The van der Waals surface area contributed by atoms with E-state index in [2.05, 4.69) is 40.4 Å². The Kier molecular flexibility index (Phi) is 8.11. The van der Waals surface area contributed by atoms with Gasteiger partial charge in [0.05, 0.1) is 21.5 Å². The lowest BCUT2D eigenvalue weighted by Crippen LogP contribution is -2.47. The van der Waals surface area contributed by atoms with E-state index in [1.54, 1.807) is 10.7 Å². The van der Waals surface area contributed by atoms with Gasteiger partial charge in [-0.15, -0.1) is 16.4 Å². The van der Waals surface area contributed by atoms with Crippen LogP contribution < -0.4 is 10.1 Å². The van der Waals surface area contributed by atoms with Crippen molar-refractivity contribution in [1.82, 2.24) is 25.2 Å². The van der Waals surface area contributed by atoms with Gasteiger partial charge in [0, 0.05) is 31.2 Å². The molecule has 1 fully saturated rings. The molecule has 3 aromatic heterocycles. The third-order valence-corrected chi connectivity index (χ3v) is 7.33. The number of ether oxygens (including phenoxy) is 1. The Labute approximate surface area is 213 Å². The minimum atomic E-state index is -0.588. The molecule has 0 saturated carbocycles. The number of carbonyl (C=O) groups excluding carboxylic acids is 1. The Morgan fingerprint density at radius 1 is 1.40 bits per heavy atom. The normalized spacial score (nSPS) is 14.9. The average Bonchev–Trinajstić information content (AvgIpc) is 3.54. The number of rotatable bonds is 8. The Morgan fingerprint density at radius 2 is 2.17 bits per heavy atom. The molecule has 4 heterocycles.